The van der Waals surface area contributed by atoms with Gasteiger partial charge in [0.2, 0.25) is 0 Å². The molecule has 14 heavy (non-hydrogen) atoms. The average molecular weight is 197 g/mol. The maximum absolute atomic E-state index is 11.3. The average Bonchev–Trinajstić information content (AvgIpc) is 2.77. The van der Waals surface area contributed by atoms with E-state index in [1.807, 2.05) is 7.05 Å². The Hall–Kier alpha value is -0.570. The van der Waals surface area contributed by atoms with Crippen molar-refractivity contribution < 1.29 is 9.53 Å². The van der Waals surface area contributed by atoms with Crippen molar-refractivity contribution in [2.24, 2.45) is 11.8 Å². The topological polar surface area (TPSA) is 38.3 Å². The summed E-state index contributed by atoms with van der Waals surface area (Å²) in [6.45, 7) is 0. The molecule has 2 rings (SSSR count). The summed E-state index contributed by atoms with van der Waals surface area (Å²) in [5, 5.41) is 3.37. The smallest absolute Gasteiger partial charge is 0.307 e. The molecule has 0 amide bonds. The molecule has 0 aliphatic heterocycles. The van der Waals surface area contributed by atoms with E-state index < -0.39 is 0 Å². The van der Waals surface area contributed by atoms with Crippen LogP contribution in [0.2, 0.25) is 0 Å². The number of carbonyl (C=O) groups is 1. The Balaban J connectivity index is 2.07. The van der Waals surface area contributed by atoms with Crippen LogP contribution >= 0.6 is 0 Å². The number of nitrogens with one attached hydrogen (secondary N) is 1. The molecule has 3 nitrogen and oxygen atoms in total. The molecule has 3 heteroatoms. The fourth-order valence-electron chi connectivity index (χ4n) is 3.38. The van der Waals surface area contributed by atoms with Crippen molar-refractivity contribution in [3.8, 4) is 0 Å². The normalized spacial score (nSPS) is 40.1. The predicted octanol–water partition coefficient (Wildman–Crippen LogP) is 1.33. The molecule has 0 aromatic heterocycles. The van der Waals surface area contributed by atoms with E-state index in [2.05, 4.69) is 5.32 Å². The van der Waals surface area contributed by atoms with Crippen molar-refractivity contribution in [2.45, 2.75) is 37.6 Å². The maximum atomic E-state index is 11.3. The summed E-state index contributed by atoms with van der Waals surface area (Å²) >= 11 is 0. The lowest BCUT2D eigenvalue weighted by atomic mass is 9.78. The van der Waals surface area contributed by atoms with Gasteiger partial charge in [0.1, 0.15) is 0 Å². The van der Waals surface area contributed by atoms with Crippen LogP contribution in [0.5, 0.6) is 0 Å². The van der Waals surface area contributed by atoms with Crippen molar-refractivity contribution in [1.29, 1.82) is 0 Å². The quantitative estimate of drug-likeness (QED) is 0.694. The molecular formula is C11H19NO2. The minimum Gasteiger partial charge on any atom is -0.469 e. The molecule has 2 fully saturated rings. The second-order valence-electron chi connectivity index (χ2n) is 4.74. The molecule has 1 N–H and O–H groups in total. The van der Waals surface area contributed by atoms with Gasteiger partial charge in [0, 0.05) is 5.54 Å². The molecule has 3 atom stereocenters. The molecule has 2 aliphatic carbocycles. The fourth-order valence-corrected chi connectivity index (χ4v) is 3.38. The molecule has 0 radical (unpaired) electrons. The predicted molar refractivity (Wildman–Crippen MR) is 53.9 cm³/mol. The Kier molecular flexibility index (Phi) is 2.52. The molecule has 0 spiro atoms. The van der Waals surface area contributed by atoms with Gasteiger partial charge in [-0.1, -0.05) is 6.42 Å². The third kappa shape index (κ3) is 1.44. The fraction of sp³-hybridized carbons (Fsp3) is 0.909. The Morgan fingerprint density at radius 1 is 1.57 bits per heavy atom. The number of methoxy groups -OCH3 is 1. The molecule has 3 unspecified atom stereocenters. The third-order valence-electron chi connectivity index (χ3n) is 4.16. The second-order valence-corrected chi connectivity index (χ2v) is 4.74. The van der Waals surface area contributed by atoms with Crippen molar-refractivity contribution >= 4 is 5.97 Å². The molecule has 80 valence electrons. The highest BCUT2D eigenvalue weighted by Gasteiger charge is 2.51. The zero-order valence-corrected chi connectivity index (χ0v) is 9.01. The number of ether oxygens (including phenoxy) is 1. The van der Waals surface area contributed by atoms with Gasteiger partial charge in [-0.05, 0) is 38.1 Å². The summed E-state index contributed by atoms with van der Waals surface area (Å²) < 4.78 is 4.77. The SMILES string of the molecule is CNC1(CC(=O)OC)CC2CCC1C2. The lowest BCUT2D eigenvalue weighted by Crippen LogP contribution is -2.49. The van der Waals surface area contributed by atoms with E-state index in [1.165, 1.54) is 26.4 Å². The Labute approximate surface area is 85.2 Å². The van der Waals surface area contributed by atoms with Crippen LogP contribution in [0.15, 0.2) is 0 Å². The van der Waals surface area contributed by atoms with E-state index in [0.29, 0.717) is 12.3 Å². The van der Waals surface area contributed by atoms with Gasteiger partial charge in [-0.2, -0.15) is 0 Å². The van der Waals surface area contributed by atoms with Crippen LogP contribution in [-0.2, 0) is 9.53 Å². The van der Waals surface area contributed by atoms with Gasteiger partial charge < -0.3 is 10.1 Å². The number of esters is 1. The summed E-state index contributed by atoms with van der Waals surface area (Å²) in [4.78, 5) is 11.3. The lowest BCUT2D eigenvalue weighted by Gasteiger charge is -2.36. The summed E-state index contributed by atoms with van der Waals surface area (Å²) in [6.07, 6.45) is 5.64. The summed E-state index contributed by atoms with van der Waals surface area (Å²) in [5.74, 6) is 1.46. The van der Waals surface area contributed by atoms with Gasteiger partial charge in [-0.25, -0.2) is 0 Å². The monoisotopic (exact) mass is 197 g/mol. The van der Waals surface area contributed by atoms with E-state index in [4.69, 9.17) is 4.74 Å². The van der Waals surface area contributed by atoms with Crippen LogP contribution in [0.3, 0.4) is 0 Å². The van der Waals surface area contributed by atoms with Gasteiger partial charge in [0.15, 0.2) is 0 Å². The Morgan fingerprint density at radius 3 is 2.79 bits per heavy atom. The van der Waals surface area contributed by atoms with Gasteiger partial charge in [-0.3, -0.25) is 4.79 Å². The van der Waals surface area contributed by atoms with Gasteiger partial charge in [0.25, 0.3) is 0 Å². The highest BCUT2D eigenvalue weighted by atomic mass is 16.5. The van der Waals surface area contributed by atoms with E-state index in [1.54, 1.807) is 0 Å². The van der Waals surface area contributed by atoms with Gasteiger partial charge in [-0.15, -0.1) is 0 Å². The standard InChI is InChI=1S/C11H19NO2/c1-12-11(7-10(13)14-2)6-8-3-4-9(11)5-8/h8-9,12H,3-7H2,1-2H3. The number of hydrogen-bond acceptors (Lipinski definition) is 3. The summed E-state index contributed by atoms with van der Waals surface area (Å²) in [5.41, 5.74) is 0.0516. The highest BCUT2D eigenvalue weighted by molar-refractivity contribution is 5.71. The molecule has 2 saturated carbocycles. The zero-order chi connectivity index (χ0) is 10.2. The molecule has 2 bridgehead atoms. The highest BCUT2D eigenvalue weighted by Crippen LogP contribution is 2.52. The molecule has 0 aromatic rings. The van der Waals surface area contributed by atoms with E-state index in [0.717, 1.165) is 12.3 Å². The summed E-state index contributed by atoms with van der Waals surface area (Å²) in [6, 6.07) is 0. The molecule has 0 saturated heterocycles. The maximum Gasteiger partial charge on any atom is 0.307 e. The Morgan fingerprint density at radius 2 is 2.36 bits per heavy atom. The first kappa shape index (κ1) is 9.97. The molecule has 2 aliphatic rings. The van der Waals surface area contributed by atoms with Crippen molar-refractivity contribution in [3.05, 3.63) is 0 Å². The van der Waals surface area contributed by atoms with Crippen LogP contribution < -0.4 is 5.32 Å². The van der Waals surface area contributed by atoms with Crippen LogP contribution in [0.1, 0.15) is 32.1 Å². The molecule has 0 heterocycles. The van der Waals surface area contributed by atoms with E-state index in [-0.39, 0.29) is 11.5 Å². The lowest BCUT2D eigenvalue weighted by molar-refractivity contribution is -0.143. The van der Waals surface area contributed by atoms with E-state index in [9.17, 15) is 4.79 Å². The largest absolute Gasteiger partial charge is 0.469 e. The van der Waals surface area contributed by atoms with Crippen LogP contribution in [0, 0.1) is 11.8 Å². The second kappa shape index (κ2) is 3.54. The van der Waals surface area contributed by atoms with Crippen molar-refractivity contribution in [1.82, 2.24) is 5.32 Å². The first-order valence-corrected chi connectivity index (χ1v) is 5.46. The van der Waals surface area contributed by atoms with Crippen LogP contribution in [-0.4, -0.2) is 25.7 Å². The van der Waals surface area contributed by atoms with Gasteiger partial charge in [0.05, 0.1) is 13.5 Å². The minimum absolute atomic E-state index is 0.0516. The molecular weight excluding hydrogens is 178 g/mol. The Bertz CT molecular complexity index is 241. The number of hydrogen-bond donors (Lipinski definition) is 1. The number of carbonyl (C=O) groups excluding carboxylic acids is 1. The van der Waals surface area contributed by atoms with Crippen molar-refractivity contribution in [3.63, 3.8) is 0 Å². The van der Waals surface area contributed by atoms with Crippen LogP contribution in [0.25, 0.3) is 0 Å². The van der Waals surface area contributed by atoms with Crippen LogP contribution in [0.4, 0.5) is 0 Å². The summed E-state index contributed by atoms with van der Waals surface area (Å²) in [7, 11) is 3.45. The first-order valence-electron chi connectivity index (χ1n) is 5.46. The zero-order valence-electron chi connectivity index (χ0n) is 9.01. The van der Waals surface area contributed by atoms with E-state index >= 15 is 0 Å². The van der Waals surface area contributed by atoms with Gasteiger partial charge >= 0.3 is 5.97 Å². The minimum atomic E-state index is -0.0769. The van der Waals surface area contributed by atoms with Crippen molar-refractivity contribution in [2.75, 3.05) is 14.2 Å². The first-order chi connectivity index (χ1) is 6.70. The number of fused-ring (bicyclic) bond motifs is 2. The number of rotatable bonds is 3. The molecule has 0 aromatic carbocycles. The third-order valence-corrected chi connectivity index (χ3v) is 4.16.